The molecular formula is C18H13Cl2NO4S. The van der Waals surface area contributed by atoms with Crippen LogP contribution in [0, 0.1) is 0 Å². The van der Waals surface area contributed by atoms with Crippen molar-refractivity contribution in [2.24, 2.45) is 0 Å². The first-order chi connectivity index (χ1) is 12.3. The van der Waals surface area contributed by atoms with Crippen molar-refractivity contribution in [2.75, 3.05) is 10.8 Å². The van der Waals surface area contributed by atoms with Crippen LogP contribution in [0.3, 0.4) is 0 Å². The van der Waals surface area contributed by atoms with Gasteiger partial charge in [-0.15, -0.1) is 0 Å². The highest BCUT2D eigenvalue weighted by atomic mass is 35.5. The molecule has 0 fully saturated rings. The molecule has 3 aromatic rings. The summed E-state index contributed by atoms with van der Waals surface area (Å²) in [6, 6.07) is 16.1. The summed E-state index contributed by atoms with van der Waals surface area (Å²) in [5.41, 5.74) is 0.265. The molecule has 5 nitrogen and oxygen atoms in total. The molecule has 0 atom stereocenters. The summed E-state index contributed by atoms with van der Waals surface area (Å²) < 4.78 is 27.2. The van der Waals surface area contributed by atoms with E-state index in [1.54, 1.807) is 24.3 Å². The quantitative estimate of drug-likeness (QED) is 0.676. The van der Waals surface area contributed by atoms with Crippen molar-refractivity contribution in [2.45, 2.75) is 4.90 Å². The summed E-state index contributed by atoms with van der Waals surface area (Å²) in [4.78, 5) is 11.2. The average molecular weight is 410 g/mol. The summed E-state index contributed by atoms with van der Waals surface area (Å²) in [5.74, 6) is -1.28. The maximum Gasteiger partial charge on any atom is 0.324 e. The van der Waals surface area contributed by atoms with Gasteiger partial charge in [0.15, 0.2) is 0 Å². The first-order valence-electron chi connectivity index (χ1n) is 7.47. The maximum atomic E-state index is 13.2. The van der Waals surface area contributed by atoms with E-state index in [-0.39, 0.29) is 20.6 Å². The van der Waals surface area contributed by atoms with Crippen LogP contribution in [-0.2, 0) is 14.8 Å². The van der Waals surface area contributed by atoms with Gasteiger partial charge in [-0.25, -0.2) is 8.42 Å². The first-order valence-corrected chi connectivity index (χ1v) is 9.67. The number of halogens is 2. The zero-order valence-corrected chi connectivity index (χ0v) is 15.6. The number of fused-ring (bicyclic) bond motifs is 1. The third-order valence-corrected chi connectivity index (χ3v) is 5.91. The van der Waals surface area contributed by atoms with Crippen LogP contribution < -0.4 is 4.31 Å². The Morgan fingerprint density at radius 2 is 1.58 bits per heavy atom. The van der Waals surface area contributed by atoms with E-state index >= 15 is 0 Å². The van der Waals surface area contributed by atoms with Crippen molar-refractivity contribution >= 4 is 55.7 Å². The molecule has 0 radical (unpaired) electrons. The molecule has 0 heterocycles. The summed E-state index contributed by atoms with van der Waals surface area (Å²) in [5, 5.41) is 11.0. The number of benzene rings is 3. The predicted octanol–water partition coefficient (Wildman–Crippen LogP) is 4.43. The average Bonchev–Trinajstić information content (AvgIpc) is 2.58. The SMILES string of the molecule is O=C(O)CN(c1cccc2ccccc12)S(=O)(=O)c1cc(Cl)cc(Cl)c1. The smallest absolute Gasteiger partial charge is 0.324 e. The number of hydrogen-bond donors (Lipinski definition) is 1. The second-order valence-corrected chi connectivity index (χ2v) is 8.24. The fraction of sp³-hybridized carbons (Fsp3) is 0.0556. The van der Waals surface area contributed by atoms with Crippen LogP contribution in [0.2, 0.25) is 10.0 Å². The van der Waals surface area contributed by atoms with E-state index in [0.717, 1.165) is 9.69 Å². The Balaban J connectivity index is 2.24. The number of carbonyl (C=O) groups is 1. The number of anilines is 1. The van der Waals surface area contributed by atoms with Crippen LogP contribution in [0.15, 0.2) is 65.6 Å². The number of sulfonamides is 1. The fourth-order valence-electron chi connectivity index (χ4n) is 2.65. The van der Waals surface area contributed by atoms with Crippen molar-refractivity contribution in [3.8, 4) is 0 Å². The number of rotatable bonds is 5. The third-order valence-electron chi connectivity index (χ3n) is 3.74. The van der Waals surface area contributed by atoms with E-state index in [4.69, 9.17) is 23.2 Å². The molecule has 0 bridgehead atoms. The Bertz CT molecular complexity index is 1070. The summed E-state index contributed by atoms with van der Waals surface area (Å²) in [6.07, 6.45) is 0. The van der Waals surface area contributed by atoms with Gasteiger partial charge in [0.25, 0.3) is 10.0 Å². The molecule has 3 aromatic carbocycles. The van der Waals surface area contributed by atoms with E-state index < -0.39 is 22.5 Å². The topological polar surface area (TPSA) is 74.7 Å². The second kappa shape index (κ2) is 7.15. The molecule has 8 heteroatoms. The van der Waals surface area contributed by atoms with E-state index in [1.165, 1.54) is 18.2 Å². The van der Waals surface area contributed by atoms with Gasteiger partial charge in [-0.3, -0.25) is 9.10 Å². The van der Waals surface area contributed by atoms with Crippen LogP contribution in [0.5, 0.6) is 0 Å². The van der Waals surface area contributed by atoms with Crippen LogP contribution in [-0.4, -0.2) is 26.0 Å². The molecule has 0 saturated carbocycles. The Morgan fingerprint density at radius 1 is 0.962 bits per heavy atom. The zero-order valence-electron chi connectivity index (χ0n) is 13.3. The van der Waals surface area contributed by atoms with Gasteiger partial charge in [-0.1, -0.05) is 59.6 Å². The van der Waals surface area contributed by atoms with Crippen molar-refractivity contribution in [3.63, 3.8) is 0 Å². The lowest BCUT2D eigenvalue weighted by molar-refractivity contribution is -0.135. The summed E-state index contributed by atoms with van der Waals surface area (Å²) in [6.45, 7) is -0.736. The van der Waals surface area contributed by atoms with Crippen LogP contribution >= 0.6 is 23.2 Å². The minimum atomic E-state index is -4.20. The molecule has 0 saturated heterocycles. The highest BCUT2D eigenvalue weighted by Crippen LogP contribution is 2.32. The maximum absolute atomic E-state index is 13.2. The molecule has 0 aromatic heterocycles. The molecule has 134 valence electrons. The Labute approximate surface area is 160 Å². The minimum Gasteiger partial charge on any atom is -0.480 e. The van der Waals surface area contributed by atoms with Crippen molar-refractivity contribution < 1.29 is 18.3 Å². The number of aliphatic carboxylic acids is 1. The molecule has 0 unspecified atom stereocenters. The first kappa shape index (κ1) is 18.5. The molecular weight excluding hydrogens is 397 g/mol. The van der Waals surface area contributed by atoms with Gasteiger partial charge in [0.1, 0.15) is 6.54 Å². The van der Waals surface area contributed by atoms with Crippen molar-refractivity contribution in [3.05, 3.63) is 70.7 Å². The van der Waals surface area contributed by atoms with Crippen LogP contribution in [0.25, 0.3) is 10.8 Å². The van der Waals surface area contributed by atoms with Gasteiger partial charge in [-0.2, -0.15) is 0 Å². The largest absolute Gasteiger partial charge is 0.480 e. The lowest BCUT2D eigenvalue weighted by Gasteiger charge is -2.24. The molecule has 0 spiro atoms. The van der Waals surface area contributed by atoms with Crippen LogP contribution in [0.1, 0.15) is 0 Å². The van der Waals surface area contributed by atoms with E-state index in [1.807, 2.05) is 18.2 Å². The Kier molecular flexibility index (Phi) is 5.09. The molecule has 0 aliphatic carbocycles. The van der Waals surface area contributed by atoms with Crippen molar-refractivity contribution in [1.82, 2.24) is 0 Å². The van der Waals surface area contributed by atoms with Gasteiger partial charge < -0.3 is 5.11 Å². The molecule has 0 aliphatic heterocycles. The molecule has 3 rings (SSSR count). The van der Waals surface area contributed by atoms with Crippen LogP contribution in [0.4, 0.5) is 5.69 Å². The van der Waals surface area contributed by atoms with Gasteiger partial charge in [-0.05, 0) is 29.7 Å². The third kappa shape index (κ3) is 3.62. The number of nitrogens with zero attached hydrogens (tertiary/aromatic N) is 1. The number of carboxylic acid groups (broad SMARTS) is 1. The second-order valence-electron chi connectivity index (χ2n) is 5.51. The fourth-order valence-corrected chi connectivity index (χ4v) is 4.81. The lowest BCUT2D eigenvalue weighted by Crippen LogP contribution is -2.35. The van der Waals surface area contributed by atoms with E-state index in [2.05, 4.69) is 0 Å². The van der Waals surface area contributed by atoms with Gasteiger partial charge in [0, 0.05) is 15.4 Å². The van der Waals surface area contributed by atoms with Gasteiger partial charge >= 0.3 is 5.97 Å². The highest BCUT2D eigenvalue weighted by molar-refractivity contribution is 7.92. The number of hydrogen-bond acceptors (Lipinski definition) is 3. The van der Waals surface area contributed by atoms with Gasteiger partial charge in [0.2, 0.25) is 0 Å². The minimum absolute atomic E-state index is 0.143. The molecule has 1 N–H and O–H groups in total. The monoisotopic (exact) mass is 409 g/mol. The summed E-state index contributed by atoms with van der Waals surface area (Å²) >= 11 is 11.8. The Morgan fingerprint density at radius 3 is 2.23 bits per heavy atom. The summed E-state index contributed by atoms with van der Waals surface area (Å²) in [7, 11) is -4.20. The molecule has 0 amide bonds. The van der Waals surface area contributed by atoms with E-state index in [9.17, 15) is 18.3 Å². The Hall–Kier alpha value is -2.28. The van der Waals surface area contributed by atoms with Gasteiger partial charge in [0.05, 0.1) is 10.6 Å². The normalized spacial score (nSPS) is 11.5. The van der Waals surface area contributed by atoms with Crippen molar-refractivity contribution in [1.29, 1.82) is 0 Å². The molecule has 0 aliphatic rings. The predicted molar refractivity (Wildman–Crippen MR) is 103 cm³/mol. The number of carboxylic acids is 1. The lowest BCUT2D eigenvalue weighted by atomic mass is 10.1. The molecule has 26 heavy (non-hydrogen) atoms. The standard InChI is InChI=1S/C18H13Cl2NO4S/c19-13-8-14(20)10-15(9-13)26(24,25)21(11-18(22)23)17-7-3-5-12-4-1-2-6-16(12)17/h1-10H,11H2,(H,22,23). The highest BCUT2D eigenvalue weighted by Gasteiger charge is 2.29. The zero-order chi connectivity index (χ0) is 18.9. The van der Waals surface area contributed by atoms with E-state index in [0.29, 0.717) is 5.39 Å².